The molecule has 0 spiro atoms. The average molecular weight is 393 g/mol. The zero-order valence-electron chi connectivity index (χ0n) is 14.1. The molecule has 2 aromatic rings. The number of Topliss-reactive ketones (excluding diaryl/α,β-unsaturated/α-hetero) is 1. The summed E-state index contributed by atoms with van der Waals surface area (Å²) in [5.74, 6) is -2.42. The second kappa shape index (κ2) is 8.52. The van der Waals surface area contributed by atoms with Crippen LogP contribution in [0.4, 0.5) is 5.69 Å². The average Bonchev–Trinajstić information content (AvgIpc) is 2.66. The van der Waals surface area contributed by atoms with Gasteiger partial charge in [-0.25, -0.2) is 8.98 Å². The summed E-state index contributed by atoms with van der Waals surface area (Å²) < 4.78 is 34.6. The first-order chi connectivity index (χ1) is 12.8. The van der Waals surface area contributed by atoms with Gasteiger partial charge < -0.3 is 4.74 Å². The van der Waals surface area contributed by atoms with E-state index in [1.54, 1.807) is 18.2 Å². The number of nitro benzene ring substituents is 1. The molecule has 0 radical (unpaired) electrons. The van der Waals surface area contributed by atoms with Gasteiger partial charge in [-0.05, 0) is 24.6 Å². The molecule has 0 fully saturated rings. The van der Waals surface area contributed by atoms with E-state index in [9.17, 15) is 28.1 Å². The molecule has 0 aliphatic rings. The maximum Gasteiger partial charge on any atom is 0.377 e. The largest absolute Gasteiger partial charge is 0.460 e. The van der Waals surface area contributed by atoms with Crippen molar-refractivity contribution in [3.63, 3.8) is 0 Å². The third-order valence-electron chi connectivity index (χ3n) is 3.38. The van der Waals surface area contributed by atoms with Crippen LogP contribution >= 0.6 is 0 Å². The van der Waals surface area contributed by atoms with Gasteiger partial charge in [-0.1, -0.05) is 30.3 Å². The Kier molecular flexibility index (Phi) is 6.37. The van der Waals surface area contributed by atoms with Gasteiger partial charge in [0.05, 0.1) is 16.4 Å². The predicted octanol–water partition coefficient (Wildman–Crippen LogP) is 2.17. The molecule has 0 bridgehead atoms. The summed E-state index contributed by atoms with van der Waals surface area (Å²) in [6, 6.07) is 11.5. The lowest BCUT2D eigenvalue weighted by atomic mass is 10.1. The van der Waals surface area contributed by atoms with E-state index in [1.165, 1.54) is 19.1 Å². The third-order valence-corrected chi connectivity index (χ3v) is 4.67. The first-order valence-corrected chi connectivity index (χ1v) is 9.10. The predicted molar refractivity (Wildman–Crippen MR) is 92.2 cm³/mol. The summed E-state index contributed by atoms with van der Waals surface area (Å²) in [6.07, 6.45) is -1.74. The number of non-ortho nitro benzene ring substituents is 1. The van der Waals surface area contributed by atoms with Crippen LogP contribution in [0, 0.1) is 10.1 Å². The Labute approximate surface area is 154 Å². The highest BCUT2D eigenvalue weighted by molar-refractivity contribution is 7.86. The van der Waals surface area contributed by atoms with E-state index >= 15 is 0 Å². The van der Waals surface area contributed by atoms with Gasteiger partial charge in [0.25, 0.3) is 21.6 Å². The number of esters is 1. The monoisotopic (exact) mass is 393 g/mol. The number of nitrogens with zero attached hydrogens (tertiary/aromatic N) is 1. The number of benzene rings is 2. The highest BCUT2D eigenvalue weighted by Gasteiger charge is 2.34. The number of hydrogen-bond acceptors (Lipinski definition) is 8. The molecule has 2 aromatic carbocycles. The van der Waals surface area contributed by atoms with Gasteiger partial charge in [-0.15, -0.1) is 0 Å². The van der Waals surface area contributed by atoms with E-state index in [-0.39, 0.29) is 17.9 Å². The first kappa shape index (κ1) is 20.2. The molecule has 9 nitrogen and oxygen atoms in total. The maximum atomic E-state index is 12.5. The quantitative estimate of drug-likeness (QED) is 0.219. The molecule has 2 rings (SSSR count). The Morgan fingerprint density at radius 3 is 2.19 bits per heavy atom. The Morgan fingerprint density at radius 1 is 1.07 bits per heavy atom. The van der Waals surface area contributed by atoms with Crippen LogP contribution in [0.5, 0.6) is 0 Å². The van der Waals surface area contributed by atoms with E-state index in [0.29, 0.717) is 0 Å². The van der Waals surface area contributed by atoms with Crippen molar-refractivity contribution in [1.82, 2.24) is 0 Å². The fourth-order valence-corrected chi connectivity index (χ4v) is 3.14. The maximum absolute atomic E-state index is 12.5. The molecule has 27 heavy (non-hydrogen) atoms. The van der Waals surface area contributed by atoms with Crippen molar-refractivity contribution in [1.29, 1.82) is 0 Å². The van der Waals surface area contributed by atoms with Crippen LogP contribution in [-0.2, 0) is 28.6 Å². The third kappa shape index (κ3) is 4.96. The lowest BCUT2D eigenvalue weighted by Gasteiger charge is -2.16. The normalized spacial score (nSPS) is 12.2. The van der Waals surface area contributed by atoms with Gasteiger partial charge in [0, 0.05) is 12.1 Å². The van der Waals surface area contributed by atoms with E-state index in [1.807, 2.05) is 0 Å². The fourth-order valence-electron chi connectivity index (χ4n) is 2.10. The Morgan fingerprint density at radius 2 is 1.67 bits per heavy atom. The molecule has 0 N–H and O–H groups in total. The molecule has 0 saturated carbocycles. The standard InChI is InChI=1S/C17H15NO8S/c1-2-25-17(20)15(19)16(12-6-4-3-5-7-12)26-27(23,24)14-10-8-13(9-11-14)18(21)22/h3-11,16H,2H2,1H3. The minimum Gasteiger partial charge on any atom is -0.460 e. The number of nitro groups is 1. The van der Waals surface area contributed by atoms with Crippen molar-refractivity contribution in [2.24, 2.45) is 0 Å². The first-order valence-electron chi connectivity index (χ1n) is 7.70. The van der Waals surface area contributed by atoms with Crippen molar-refractivity contribution in [3.8, 4) is 0 Å². The van der Waals surface area contributed by atoms with Crippen molar-refractivity contribution in [2.75, 3.05) is 6.61 Å². The SMILES string of the molecule is CCOC(=O)C(=O)C(OS(=O)(=O)c1ccc([N+](=O)[O-])cc1)c1ccccc1. The van der Waals surface area contributed by atoms with Gasteiger partial charge in [0.15, 0.2) is 6.10 Å². The van der Waals surface area contributed by atoms with Gasteiger partial charge in [0.2, 0.25) is 0 Å². The van der Waals surface area contributed by atoms with Gasteiger partial charge in [-0.2, -0.15) is 8.42 Å². The van der Waals surface area contributed by atoms with Crippen LogP contribution in [0.2, 0.25) is 0 Å². The number of rotatable bonds is 8. The van der Waals surface area contributed by atoms with Crippen LogP contribution in [0.25, 0.3) is 0 Å². The zero-order chi connectivity index (χ0) is 20.0. The highest BCUT2D eigenvalue weighted by Crippen LogP contribution is 2.26. The van der Waals surface area contributed by atoms with E-state index in [4.69, 9.17) is 4.18 Å². The molecule has 0 aliphatic carbocycles. The summed E-state index contributed by atoms with van der Waals surface area (Å²) >= 11 is 0. The highest BCUT2D eigenvalue weighted by atomic mass is 32.2. The smallest absolute Gasteiger partial charge is 0.377 e. The molecule has 1 atom stereocenters. The molecule has 0 aromatic heterocycles. The van der Waals surface area contributed by atoms with E-state index in [2.05, 4.69) is 4.74 Å². The summed E-state index contributed by atoms with van der Waals surface area (Å²) in [5.41, 5.74) is -0.169. The van der Waals surface area contributed by atoms with Gasteiger partial charge >= 0.3 is 5.97 Å². The number of carbonyl (C=O) groups excluding carboxylic acids is 2. The molecule has 10 heteroatoms. The van der Waals surface area contributed by atoms with Crippen LogP contribution in [0.1, 0.15) is 18.6 Å². The molecular weight excluding hydrogens is 378 g/mol. The Bertz CT molecular complexity index is 939. The molecule has 1 unspecified atom stereocenters. The Balaban J connectivity index is 2.37. The van der Waals surface area contributed by atoms with Crippen molar-refractivity contribution in [3.05, 3.63) is 70.3 Å². The zero-order valence-corrected chi connectivity index (χ0v) is 14.9. The number of carbonyl (C=O) groups is 2. The lowest BCUT2D eigenvalue weighted by Crippen LogP contribution is -2.28. The summed E-state index contributed by atoms with van der Waals surface area (Å²) in [4.78, 5) is 33.7. The minimum absolute atomic E-state index is 0.0683. The molecule has 0 heterocycles. The number of ether oxygens (including phenoxy) is 1. The van der Waals surface area contributed by atoms with Crippen LogP contribution in [0.15, 0.2) is 59.5 Å². The summed E-state index contributed by atoms with van der Waals surface area (Å²) in [6.45, 7) is 1.43. The summed E-state index contributed by atoms with van der Waals surface area (Å²) in [5, 5.41) is 10.7. The second-order valence-corrected chi connectivity index (χ2v) is 6.75. The summed E-state index contributed by atoms with van der Waals surface area (Å²) in [7, 11) is -4.49. The van der Waals surface area contributed by atoms with Crippen LogP contribution in [-0.4, -0.2) is 31.7 Å². The van der Waals surface area contributed by atoms with Crippen LogP contribution < -0.4 is 0 Å². The molecule has 0 amide bonds. The van der Waals surface area contributed by atoms with Crippen molar-refractivity contribution < 1.29 is 31.9 Å². The number of ketones is 1. The van der Waals surface area contributed by atoms with Crippen molar-refractivity contribution >= 4 is 27.6 Å². The van der Waals surface area contributed by atoms with E-state index in [0.717, 1.165) is 24.3 Å². The molecule has 142 valence electrons. The molecule has 0 saturated heterocycles. The van der Waals surface area contributed by atoms with Crippen molar-refractivity contribution in [2.45, 2.75) is 17.9 Å². The number of hydrogen-bond donors (Lipinski definition) is 0. The lowest BCUT2D eigenvalue weighted by molar-refractivity contribution is -0.384. The van der Waals surface area contributed by atoms with E-state index < -0.39 is 37.8 Å². The molecule has 0 aliphatic heterocycles. The Hall–Kier alpha value is -3.11. The van der Waals surface area contributed by atoms with Gasteiger partial charge in [0.1, 0.15) is 0 Å². The van der Waals surface area contributed by atoms with Crippen LogP contribution in [0.3, 0.4) is 0 Å². The topological polar surface area (TPSA) is 130 Å². The van der Waals surface area contributed by atoms with Gasteiger partial charge in [-0.3, -0.25) is 14.9 Å². The minimum atomic E-state index is -4.49. The second-order valence-electron chi connectivity index (χ2n) is 5.18. The molecular formula is C17H15NO8S. The fraction of sp³-hybridized carbons (Fsp3) is 0.176.